The minimum atomic E-state index is -0.657. The van der Waals surface area contributed by atoms with Gasteiger partial charge in [0.15, 0.2) is 0 Å². The molecule has 0 aliphatic rings. The first-order valence-electron chi connectivity index (χ1n) is 3.52. The van der Waals surface area contributed by atoms with Gasteiger partial charge in [0.1, 0.15) is 0 Å². The molecule has 0 spiro atoms. The second-order valence-corrected chi connectivity index (χ2v) is 4.35. The van der Waals surface area contributed by atoms with E-state index in [0.717, 1.165) is 9.35 Å². The van der Waals surface area contributed by atoms with Gasteiger partial charge in [0.25, 0.3) is 0 Å². The SMILES string of the molecule is NCC(O)C(N)c1cc(Br)cs1. The van der Waals surface area contributed by atoms with Gasteiger partial charge in [-0.3, -0.25) is 0 Å². The van der Waals surface area contributed by atoms with Crippen LogP contribution >= 0.6 is 27.3 Å². The normalized spacial score (nSPS) is 16.0. The van der Waals surface area contributed by atoms with Crippen molar-refractivity contribution in [1.82, 2.24) is 0 Å². The molecule has 2 atom stereocenters. The van der Waals surface area contributed by atoms with Crippen LogP contribution < -0.4 is 11.5 Å². The van der Waals surface area contributed by atoms with E-state index in [0.29, 0.717) is 0 Å². The summed E-state index contributed by atoms with van der Waals surface area (Å²) in [6, 6.07) is 1.53. The summed E-state index contributed by atoms with van der Waals surface area (Å²) in [5, 5.41) is 11.3. The Balaban J connectivity index is 2.70. The predicted octanol–water partition coefficient (Wildman–Crippen LogP) is 0.830. The number of rotatable bonds is 3. The van der Waals surface area contributed by atoms with Crippen molar-refractivity contribution in [1.29, 1.82) is 0 Å². The molecule has 3 nitrogen and oxygen atoms in total. The molecule has 0 aliphatic carbocycles. The summed E-state index contributed by atoms with van der Waals surface area (Å²) in [6.07, 6.45) is -0.657. The fraction of sp³-hybridized carbons (Fsp3) is 0.429. The highest BCUT2D eigenvalue weighted by atomic mass is 79.9. The van der Waals surface area contributed by atoms with Crippen molar-refractivity contribution in [3.8, 4) is 0 Å². The molecule has 1 aromatic rings. The fourth-order valence-corrected chi connectivity index (χ4v) is 2.34. The Morgan fingerprint density at radius 3 is 2.75 bits per heavy atom. The van der Waals surface area contributed by atoms with Gasteiger partial charge in [-0.05, 0) is 22.0 Å². The Morgan fingerprint density at radius 2 is 2.33 bits per heavy atom. The molecule has 5 heteroatoms. The first kappa shape index (κ1) is 10.1. The van der Waals surface area contributed by atoms with Crippen molar-refractivity contribution in [2.45, 2.75) is 12.1 Å². The summed E-state index contributed by atoms with van der Waals surface area (Å²) in [5.41, 5.74) is 11.0. The highest BCUT2D eigenvalue weighted by Crippen LogP contribution is 2.25. The number of thiophene rings is 1. The smallest absolute Gasteiger partial charge is 0.0862 e. The summed E-state index contributed by atoms with van der Waals surface area (Å²) < 4.78 is 0.988. The molecule has 0 aliphatic heterocycles. The third-order valence-electron chi connectivity index (χ3n) is 1.57. The number of aliphatic hydroxyl groups is 1. The topological polar surface area (TPSA) is 72.3 Å². The largest absolute Gasteiger partial charge is 0.390 e. The third-order valence-corrected chi connectivity index (χ3v) is 3.37. The Hall–Kier alpha value is 0.0600. The van der Waals surface area contributed by atoms with E-state index in [1.165, 1.54) is 11.3 Å². The van der Waals surface area contributed by atoms with E-state index in [2.05, 4.69) is 15.9 Å². The van der Waals surface area contributed by atoms with Crippen LogP contribution in [0.2, 0.25) is 0 Å². The highest BCUT2D eigenvalue weighted by molar-refractivity contribution is 9.10. The standard InChI is InChI=1S/C7H11BrN2OS/c8-4-1-6(12-3-4)7(10)5(11)2-9/h1,3,5,7,11H,2,9-10H2. The van der Waals surface area contributed by atoms with Crippen LogP contribution in [0, 0.1) is 0 Å². The van der Waals surface area contributed by atoms with E-state index in [-0.39, 0.29) is 12.6 Å². The van der Waals surface area contributed by atoms with Gasteiger partial charge in [-0.1, -0.05) is 0 Å². The lowest BCUT2D eigenvalue weighted by Crippen LogP contribution is -2.32. The van der Waals surface area contributed by atoms with Crippen LogP contribution in [-0.4, -0.2) is 17.8 Å². The molecule has 5 N–H and O–H groups in total. The molecule has 12 heavy (non-hydrogen) atoms. The van der Waals surface area contributed by atoms with Crippen LogP contribution in [0.1, 0.15) is 10.9 Å². The monoisotopic (exact) mass is 250 g/mol. The first-order valence-corrected chi connectivity index (χ1v) is 5.20. The van der Waals surface area contributed by atoms with Crippen molar-refractivity contribution >= 4 is 27.3 Å². The third kappa shape index (κ3) is 2.27. The van der Waals surface area contributed by atoms with E-state index in [9.17, 15) is 5.11 Å². The zero-order valence-electron chi connectivity index (χ0n) is 6.40. The van der Waals surface area contributed by atoms with Crippen LogP contribution in [0.3, 0.4) is 0 Å². The second kappa shape index (κ2) is 4.34. The van der Waals surface area contributed by atoms with Gasteiger partial charge in [-0.15, -0.1) is 11.3 Å². The number of nitrogens with two attached hydrogens (primary N) is 2. The van der Waals surface area contributed by atoms with Crippen molar-refractivity contribution in [3.05, 3.63) is 20.8 Å². The molecule has 2 unspecified atom stereocenters. The van der Waals surface area contributed by atoms with Crippen LogP contribution in [0.25, 0.3) is 0 Å². The average molecular weight is 251 g/mol. The summed E-state index contributed by atoms with van der Waals surface area (Å²) >= 11 is 4.83. The molecular weight excluding hydrogens is 240 g/mol. The van der Waals surface area contributed by atoms with E-state index in [1.54, 1.807) is 0 Å². The molecule has 0 saturated carbocycles. The molecule has 1 aromatic heterocycles. The fourth-order valence-electron chi connectivity index (χ4n) is 0.839. The zero-order valence-corrected chi connectivity index (χ0v) is 8.81. The van der Waals surface area contributed by atoms with E-state index >= 15 is 0 Å². The molecule has 0 amide bonds. The molecular formula is C7H11BrN2OS. The minimum absolute atomic E-state index is 0.191. The van der Waals surface area contributed by atoms with E-state index < -0.39 is 6.10 Å². The minimum Gasteiger partial charge on any atom is -0.390 e. The van der Waals surface area contributed by atoms with Crippen molar-refractivity contribution < 1.29 is 5.11 Å². The summed E-state index contributed by atoms with van der Waals surface area (Å²) in [6.45, 7) is 0.191. The van der Waals surface area contributed by atoms with Crippen LogP contribution in [0.5, 0.6) is 0 Å². The van der Waals surface area contributed by atoms with Crippen LogP contribution in [0.15, 0.2) is 15.9 Å². The van der Waals surface area contributed by atoms with Gasteiger partial charge in [0, 0.05) is 21.3 Å². The van der Waals surface area contributed by atoms with Gasteiger partial charge in [0.05, 0.1) is 12.1 Å². The van der Waals surface area contributed by atoms with Gasteiger partial charge < -0.3 is 16.6 Å². The van der Waals surface area contributed by atoms with Gasteiger partial charge >= 0.3 is 0 Å². The molecule has 1 heterocycles. The molecule has 0 saturated heterocycles. The molecule has 68 valence electrons. The van der Waals surface area contributed by atoms with E-state index in [4.69, 9.17) is 11.5 Å². The Bertz CT molecular complexity index is 253. The molecule has 0 fully saturated rings. The van der Waals surface area contributed by atoms with Gasteiger partial charge in [-0.25, -0.2) is 0 Å². The average Bonchev–Trinajstić information content (AvgIpc) is 2.49. The number of hydrogen-bond donors (Lipinski definition) is 3. The van der Waals surface area contributed by atoms with Crippen molar-refractivity contribution in [2.75, 3.05) is 6.54 Å². The van der Waals surface area contributed by atoms with Crippen LogP contribution in [-0.2, 0) is 0 Å². The second-order valence-electron chi connectivity index (χ2n) is 2.50. The quantitative estimate of drug-likeness (QED) is 0.745. The molecule has 0 radical (unpaired) electrons. The highest BCUT2D eigenvalue weighted by Gasteiger charge is 2.16. The van der Waals surface area contributed by atoms with Crippen LogP contribution in [0.4, 0.5) is 0 Å². The molecule has 0 aromatic carbocycles. The molecule has 1 rings (SSSR count). The zero-order chi connectivity index (χ0) is 9.14. The number of hydrogen-bond acceptors (Lipinski definition) is 4. The van der Waals surface area contributed by atoms with Gasteiger partial charge in [-0.2, -0.15) is 0 Å². The maximum atomic E-state index is 9.33. The summed E-state index contributed by atoms with van der Waals surface area (Å²) in [5.74, 6) is 0. The first-order chi connectivity index (χ1) is 5.65. The Morgan fingerprint density at radius 1 is 1.67 bits per heavy atom. The maximum Gasteiger partial charge on any atom is 0.0862 e. The van der Waals surface area contributed by atoms with E-state index in [1.807, 2.05) is 11.4 Å². The lowest BCUT2D eigenvalue weighted by molar-refractivity contribution is 0.154. The lowest BCUT2D eigenvalue weighted by Gasteiger charge is -2.14. The predicted molar refractivity (Wildman–Crippen MR) is 54.0 cm³/mol. The lowest BCUT2D eigenvalue weighted by atomic mass is 10.1. The van der Waals surface area contributed by atoms with Crippen molar-refractivity contribution in [2.24, 2.45) is 11.5 Å². The van der Waals surface area contributed by atoms with Crippen molar-refractivity contribution in [3.63, 3.8) is 0 Å². The number of aliphatic hydroxyl groups excluding tert-OH is 1. The number of halogens is 1. The Kier molecular flexibility index (Phi) is 3.67. The maximum absolute atomic E-state index is 9.33. The van der Waals surface area contributed by atoms with Gasteiger partial charge in [0.2, 0.25) is 0 Å². The molecule has 0 bridgehead atoms. The summed E-state index contributed by atoms with van der Waals surface area (Å²) in [4.78, 5) is 0.944. The summed E-state index contributed by atoms with van der Waals surface area (Å²) in [7, 11) is 0. The Labute approximate surface area is 83.5 Å².